The van der Waals surface area contributed by atoms with E-state index < -0.39 is 0 Å². The van der Waals surface area contributed by atoms with E-state index in [0.29, 0.717) is 12.0 Å². The van der Waals surface area contributed by atoms with E-state index in [4.69, 9.17) is 4.74 Å². The monoisotopic (exact) mass is 278 g/mol. The average Bonchev–Trinajstić information content (AvgIpc) is 2.46. The van der Waals surface area contributed by atoms with Crippen LogP contribution in [-0.4, -0.2) is 35.8 Å². The Hall–Kier alpha value is -1.36. The predicted molar refractivity (Wildman–Crippen MR) is 82.4 cm³/mol. The summed E-state index contributed by atoms with van der Waals surface area (Å²) in [6.45, 7) is 9.00. The number of rotatable bonds is 6. The Morgan fingerprint density at radius 3 is 2.60 bits per heavy atom. The van der Waals surface area contributed by atoms with Crippen LogP contribution >= 0.6 is 0 Å². The van der Waals surface area contributed by atoms with Gasteiger partial charge >= 0.3 is 0 Å². The van der Waals surface area contributed by atoms with Gasteiger partial charge in [0.05, 0.1) is 0 Å². The molecule has 0 aliphatic carbocycles. The van der Waals surface area contributed by atoms with Gasteiger partial charge in [-0.3, -0.25) is 0 Å². The highest BCUT2D eigenvalue weighted by Gasteiger charge is 2.15. The lowest BCUT2D eigenvalue weighted by molar-refractivity contribution is 0.0904. The fourth-order valence-electron chi connectivity index (χ4n) is 2.19. The fourth-order valence-corrected chi connectivity index (χ4v) is 2.19. The van der Waals surface area contributed by atoms with Crippen LogP contribution in [0, 0.1) is 0 Å². The summed E-state index contributed by atoms with van der Waals surface area (Å²) in [4.78, 5) is 9.21. The molecule has 0 bridgehead atoms. The molecule has 0 amide bonds. The van der Waals surface area contributed by atoms with E-state index in [1.807, 2.05) is 6.07 Å². The molecule has 1 aliphatic heterocycles. The molecule has 1 aliphatic rings. The Kier molecular flexibility index (Phi) is 5.59. The largest absolute Gasteiger partial charge is 0.381 e. The molecule has 1 aromatic heterocycles. The van der Waals surface area contributed by atoms with Crippen molar-refractivity contribution in [3.8, 4) is 0 Å². The highest BCUT2D eigenvalue weighted by molar-refractivity contribution is 5.48. The Morgan fingerprint density at radius 2 is 1.95 bits per heavy atom. The lowest BCUT2D eigenvalue weighted by Crippen LogP contribution is -2.28. The summed E-state index contributed by atoms with van der Waals surface area (Å²) < 4.78 is 5.39. The second-order valence-corrected chi connectivity index (χ2v) is 5.61. The molecule has 1 fully saturated rings. The first-order valence-corrected chi connectivity index (χ1v) is 7.66. The van der Waals surface area contributed by atoms with Gasteiger partial charge in [-0.1, -0.05) is 20.8 Å². The molecule has 20 heavy (non-hydrogen) atoms. The molecule has 5 heteroatoms. The fraction of sp³-hybridized carbons (Fsp3) is 0.733. The van der Waals surface area contributed by atoms with E-state index in [2.05, 4.69) is 41.4 Å². The highest BCUT2D eigenvalue weighted by atomic mass is 16.5. The van der Waals surface area contributed by atoms with Crippen molar-refractivity contribution >= 4 is 11.6 Å². The number of nitrogens with zero attached hydrogens (tertiary/aromatic N) is 2. The summed E-state index contributed by atoms with van der Waals surface area (Å²) in [6.07, 6.45) is 3.17. The highest BCUT2D eigenvalue weighted by Crippen LogP contribution is 2.19. The molecule has 2 heterocycles. The quantitative estimate of drug-likeness (QED) is 0.837. The lowest BCUT2D eigenvalue weighted by atomic mass is 10.1. The number of hydrogen-bond acceptors (Lipinski definition) is 5. The van der Waals surface area contributed by atoms with E-state index in [-0.39, 0.29) is 0 Å². The van der Waals surface area contributed by atoms with Crippen molar-refractivity contribution in [3.05, 3.63) is 11.9 Å². The zero-order chi connectivity index (χ0) is 14.4. The maximum atomic E-state index is 5.39. The topological polar surface area (TPSA) is 59.1 Å². The maximum absolute atomic E-state index is 5.39. The van der Waals surface area contributed by atoms with Crippen LogP contribution in [0.1, 0.15) is 51.8 Å². The van der Waals surface area contributed by atoms with Gasteiger partial charge in [0, 0.05) is 37.8 Å². The molecule has 0 saturated carbocycles. The number of hydrogen-bond donors (Lipinski definition) is 2. The number of nitrogens with one attached hydrogen (secondary N) is 2. The van der Waals surface area contributed by atoms with Crippen molar-refractivity contribution in [2.24, 2.45) is 0 Å². The molecule has 0 unspecified atom stereocenters. The minimum absolute atomic E-state index is 0.327. The van der Waals surface area contributed by atoms with Crippen LogP contribution in [0.4, 0.5) is 11.6 Å². The van der Waals surface area contributed by atoms with Crippen LogP contribution in [0.5, 0.6) is 0 Å². The summed E-state index contributed by atoms with van der Waals surface area (Å²) in [5.41, 5.74) is 0. The van der Waals surface area contributed by atoms with E-state index in [1.165, 1.54) is 0 Å². The molecular weight excluding hydrogens is 252 g/mol. The molecule has 112 valence electrons. The third-order valence-electron chi connectivity index (χ3n) is 3.39. The third kappa shape index (κ3) is 4.34. The van der Waals surface area contributed by atoms with E-state index in [9.17, 15) is 0 Å². The number of aromatic nitrogens is 2. The van der Waals surface area contributed by atoms with E-state index >= 15 is 0 Å². The first-order chi connectivity index (χ1) is 9.69. The van der Waals surface area contributed by atoms with Gasteiger partial charge in [-0.05, 0) is 19.3 Å². The molecule has 0 spiro atoms. The average molecular weight is 278 g/mol. The van der Waals surface area contributed by atoms with Crippen LogP contribution in [0.15, 0.2) is 6.07 Å². The standard InChI is InChI=1S/C15H26N4O/c1-4-7-16-13-10-14(19-15(18-13)11(2)3)17-12-5-8-20-9-6-12/h10-12H,4-9H2,1-3H3,(H2,16,17,18,19). The first-order valence-electron chi connectivity index (χ1n) is 7.66. The van der Waals surface area contributed by atoms with Crippen molar-refractivity contribution in [2.75, 3.05) is 30.4 Å². The summed E-state index contributed by atoms with van der Waals surface area (Å²) in [5.74, 6) is 3.06. The number of ether oxygens (including phenoxy) is 1. The normalized spacial score (nSPS) is 16.4. The first kappa shape index (κ1) is 15.0. The van der Waals surface area contributed by atoms with Gasteiger partial charge in [-0.15, -0.1) is 0 Å². The van der Waals surface area contributed by atoms with Crippen molar-refractivity contribution in [1.82, 2.24) is 9.97 Å². The van der Waals surface area contributed by atoms with Crippen LogP contribution < -0.4 is 10.6 Å². The van der Waals surface area contributed by atoms with Crippen LogP contribution in [-0.2, 0) is 4.74 Å². The molecule has 0 atom stereocenters. The van der Waals surface area contributed by atoms with Crippen molar-refractivity contribution in [2.45, 2.75) is 52.0 Å². The van der Waals surface area contributed by atoms with Gasteiger partial charge in [0.15, 0.2) is 0 Å². The number of anilines is 2. The maximum Gasteiger partial charge on any atom is 0.135 e. The second kappa shape index (κ2) is 7.43. The minimum Gasteiger partial charge on any atom is -0.381 e. The molecule has 0 aromatic carbocycles. The second-order valence-electron chi connectivity index (χ2n) is 5.61. The summed E-state index contributed by atoms with van der Waals surface area (Å²) in [7, 11) is 0. The van der Waals surface area contributed by atoms with Crippen LogP contribution in [0.2, 0.25) is 0 Å². The van der Waals surface area contributed by atoms with Gasteiger partial charge in [0.1, 0.15) is 17.5 Å². The predicted octanol–water partition coefficient (Wildman–Crippen LogP) is 3.01. The lowest BCUT2D eigenvalue weighted by Gasteiger charge is -2.24. The van der Waals surface area contributed by atoms with Gasteiger partial charge < -0.3 is 15.4 Å². The minimum atomic E-state index is 0.327. The SMILES string of the molecule is CCCNc1cc(NC2CCOCC2)nc(C(C)C)n1. The third-order valence-corrected chi connectivity index (χ3v) is 3.39. The molecule has 1 saturated heterocycles. The molecule has 2 rings (SSSR count). The van der Waals surface area contributed by atoms with Gasteiger partial charge in [-0.25, -0.2) is 9.97 Å². The molecule has 1 aromatic rings. The van der Waals surface area contributed by atoms with Crippen molar-refractivity contribution in [3.63, 3.8) is 0 Å². The zero-order valence-electron chi connectivity index (χ0n) is 12.8. The van der Waals surface area contributed by atoms with E-state index in [0.717, 1.165) is 56.5 Å². The Bertz CT molecular complexity index is 416. The van der Waals surface area contributed by atoms with Crippen molar-refractivity contribution < 1.29 is 4.74 Å². The smallest absolute Gasteiger partial charge is 0.135 e. The van der Waals surface area contributed by atoms with Gasteiger partial charge in [0.25, 0.3) is 0 Å². The van der Waals surface area contributed by atoms with Gasteiger partial charge in [0.2, 0.25) is 0 Å². The summed E-state index contributed by atoms with van der Waals surface area (Å²) in [6, 6.07) is 2.47. The summed E-state index contributed by atoms with van der Waals surface area (Å²) >= 11 is 0. The molecule has 5 nitrogen and oxygen atoms in total. The molecule has 2 N–H and O–H groups in total. The Morgan fingerprint density at radius 1 is 1.25 bits per heavy atom. The van der Waals surface area contributed by atoms with Crippen LogP contribution in [0.3, 0.4) is 0 Å². The summed E-state index contributed by atoms with van der Waals surface area (Å²) in [5, 5.41) is 6.87. The molecule has 0 radical (unpaired) electrons. The van der Waals surface area contributed by atoms with Crippen LogP contribution in [0.25, 0.3) is 0 Å². The zero-order valence-corrected chi connectivity index (χ0v) is 12.8. The van der Waals surface area contributed by atoms with Crippen molar-refractivity contribution in [1.29, 1.82) is 0 Å². The van der Waals surface area contributed by atoms with E-state index in [1.54, 1.807) is 0 Å². The Balaban J connectivity index is 2.10. The van der Waals surface area contributed by atoms with Gasteiger partial charge in [-0.2, -0.15) is 0 Å². The Labute approximate surface area is 121 Å². The molecular formula is C15H26N4O.